The van der Waals surface area contributed by atoms with Crippen molar-refractivity contribution in [1.82, 2.24) is 10.6 Å². The van der Waals surface area contributed by atoms with Gasteiger partial charge in [-0.2, -0.15) is 0 Å². The lowest BCUT2D eigenvalue weighted by Crippen LogP contribution is -2.28. The second-order valence-corrected chi connectivity index (χ2v) is 4.14. The Morgan fingerprint density at radius 2 is 2.00 bits per heavy atom. The van der Waals surface area contributed by atoms with E-state index in [2.05, 4.69) is 10.6 Å². The molecular weight excluding hydrogens is 210 g/mol. The molecule has 1 saturated carbocycles. The number of benzene rings is 1. The predicted molar refractivity (Wildman–Crippen MR) is 59.1 cm³/mol. The van der Waals surface area contributed by atoms with Crippen molar-refractivity contribution in [3.63, 3.8) is 0 Å². The average Bonchev–Trinajstić information content (AvgIpc) is 3.06. The van der Waals surface area contributed by atoms with Crippen molar-refractivity contribution in [2.75, 3.05) is 13.1 Å². The van der Waals surface area contributed by atoms with E-state index in [4.69, 9.17) is 0 Å². The molecule has 0 aromatic heterocycles. The van der Waals surface area contributed by atoms with Crippen LogP contribution in [0.4, 0.5) is 8.78 Å². The average molecular weight is 226 g/mol. The molecule has 0 aliphatic heterocycles. The second kappa shape index (κ2) is 5.37. The molecule has 1 aliphatic carbocycles. The minimum atomic E-state index is -0.394. The number of hydrogen-bond donors (Lipinski definition) is 2. The first-order valence-electron chi connectivity index (χ1n) is 5.64. The van der Waals surface area contributed by atoms with Crippen molar-refractivity contribution < 1.29 is 8.78 Å². The molecule has 0 saturated heterocycles. The van der Waals surface area contributed by atoms with E-state index >= 15 is 0 Å². The van der Waals surface area contributed by atoms with Crippen molar-refractivity contribution in [1.29, 1.82) is 0 Å². The molecule has 1 aliphatic rings. The molecule has 0 heterocycles. The highest BCUT2D eigenvalue weighted by molar-refractivity contribution is 5.18. The largest absolute Gasteiger partial charge is 0.313 e. The molecule has 2 N–H and O–H groups in total. The Labute approximate surface area is 94.0 Å². The van der Waals surface area contributed by atoms with E-state index in [9.17, 15) is 8.78 Å². The number of nitrogens with one attached hydrogen (secondary N) is 2. The smallest absolute Gasteiger partial charge is 0.127 e. The summed E-state index contributed by atoms with van der Waals surface area (Å²) in [5, 5.41) is 6.42. The van der Waals surface area contributed by atoms with Crippen molar-refractivity contribution in [2.24, 2.45) is 0 Å². The number of rotatable bonds is 6. The Bertz CT molecular complexity index is 351. The zero-order valence-electron chi connectivity index (χ0n) is 9.10. The minimum Gasteiger partial charge on any atom is -0.313 e. The van der Waals surface area contributed by atoms with Crippen molar-refractivity contribution >= 4 is 0 Å². The van der Waals surface area contributed by atoms with Crippen molar-refractivity contribution in [3.8, 4) is 0 Å². The molecule has 1 fully saturated rings. The Balaban J connectivity index is 1.69. The van der Waals surface area contributed by atoms with Gasteiger partial charge in [-0.15, -0.1) is 0 Å². The maximum absolute atomic E-state index is 13.2. The van der Waals surface area contributed by atoms with Crippen LogP contribution in [-0.4, -0.2) is 19.1 Å². The molecule has 0 radical (unpaired) electrons. The first kappa shape index (κ1) is 11.5. The van der Waals surface area contributed by atoms with Gasteiger partial charge in [0.2, 0.25) is 0 Å². The van der Waals surface area contributed by atoms with Crippen LogP contribution in [0.1, 0.15) is 18.4 Å². The lowest BCUT2D eigenvalue weighted by atomic mass is 10.2. The third-order valence-corrected chi connectivity index (χ3v) is 2.64. The highest BCUT2D eigenvalue weighted by Crippen LogP contribution is 2.17. The summed E-state index contributed by atoms with van der Waals surface area (Å²) in [7, 11) is 0. The molecule has 2 nitrogen and oxygen atoms in total. The van der Waals surface area contributed by atoms with Crippen LogP contribution < -0.4 is 10.6 Å². The van der Waals surface area contributed by atoms with Crippen LogP contribution in [0.3, 0.4) is 0 Å². The predicted octanol–water partition coefficient (Wildman–Crippen LogP) is 1.81. The van der Waals surface area contributed by atoms with Crippen LogP contribution in [0.5, 0.6) is 0 Å². The maximum atomic E-state index is 13.2. The van der Waals surface area contributed by atoms with Crippen LogP contribution in [0.25, 0.3) is 0 Å². The van der Waals surface area contributed by atoms with Gasteiger partial charge in [-0.3, -0.25) is 0 Å². The molecule has 2 rings (SSSR count). The first-order valence-corrected chi connectivity index (χ1v) is 5.64. The summed E-state index contributed by atoms with van der Waals surface area (Å²) in [6.07, 6.45) is 2.52. The van der Waals surface area contributed by atoms with Crippen molar-refractivity contribution in [2.45, 2.75) is 25.4 Å². The Morgan fingerprint density at radius 1 is 1.19 bits per heavy atom. The van der Waals surface area contributed by atoms with Crippen LogP contribution in [-0.2, 0) is 6.54 Å². The van der Waals surface area contributed by atoms with Crippen molar-refractivity contribution in [3.05, 3.63) is 35.4 Å². The summed E-state index contributed by atoms with van der Waals surface area (Å²) in [6, 6.07) is 4.21. The second-order valence-electron chi connectivity index (χ2n) is 4.14. The quantitative estimate of drug-likeness (QED) is 0.723. The van der Waals surface area contributed by atoms with Gasteiger partial charge in [-0.05, 0) is 31.0 Å². The molecule has 88 valence electrons. The van der Waals surface area contributed by atoms with Gasteiger partial charge < -0.3 is 10.6 Å². The summed E-state index contributed by atoms with van der Waals surface area (Å²) < 4.78 is 26.0. The highest BCUT2D eigenvalue weighted by atomic mass is 19.1. The fourth-order valence-electron chi connectivity index (χ4n) is 1.55. The summed E-state index contributed by atoms with van der Waals surface area (Å²) in [4.78, 5) is 0. The molecular formula is C12H16F2N2. The topological polar surface area (TPSA) is 24.1 Å². The lowest BCUT2D eigenvalue weighted by molar-refractivity contribution is 0.559. The van der Waals surface area contributed by atoms with Gasteiger partial charge in [0.15, 0.2) is 0 Å². The third kappa shape index (κ3) is 3.54. The summed E-state index contributed by atoms with van der Waals surface area (Å²) >= 11 is 0. The van der Waals surface area contributed by atoms with Crippen LogP contribution in [0, 0.1) is 11.6 Å². The minimum absolute atomic E-state index is 0.357. The molecule has 1 aromatic rings. The summed E-state index contributed by atoms with van der Waals surface area (Å²) in [6.45, 7) is 2.02. The lowest BCUT2D eigenvalue weighted by Gasteiger charge is -2.06. The molecule has 0 bridgehead atoms. The van der Waals surface area contributed by atoms with E-state index in [0.717, 1.165) is 25.2 Å². The maximum Gasteiger partial charge on any atom is 0.127 e. The van der Waals surface area contributed by atoms with E-state index in [1.807, 2.05) is 0 Å². The molecule has 4 heteroatoms. The number of hydrogen-bond acceptors (Lipinski definition) is 2. The Kier molecular flexibility index (Phi) is 3.85. The van der Waals surface area contributed by atoms with Gasteiger partial charge in [-0.25, -0.2) is 8.78 Å². The molecule has 1 aromatic carbocycles. The fraction of sp³-hybridized carbons (Fsp3) is 0.500. The molecule has 16 heavy (non-hydrogen) atoms. The first-order chi connectivity index (χ1) is 7.75. The zero-order valence-corrected chi connectivity index (χ0v) is 9.10. The Hall–Kier alpha value is -1.00. The van der Waals surface area contributed by atoms with E-state index in [-0.39, 0.29) is 5.82 Å². The molecule has 0 amide bonds. The van der Waals surface area contributed by atoms with E-state index in [1.54, 1.807) is 0 Å². The third-order valence-electron chi connectivity index (χ3n) is 2.64. The SMILES string of the molecule is Fc1ccc(F)c(CNCCNC2CC2)c1. The van der Waals surface area contributed by atoms with E-state index < -0.39 is 5.82 Å². The normalized spacial score (nSPS) is 15.4. The molecule has 0 spiro atoms. The van der Waals surface area contributed by atoms with Gasteiger partial charge in [0.05, 0.1) is 0 Å². The van der Waals surface area contributed by atoms with Crippen LogP contribution >= 0.6 is 0 Å². The van der Waals surface area contributed by atoms with Gasteiger partial charge in [0.25, 0.3) is 0 Å². The van der Waals surface area contributed by atoms with Crippen LogP contribution in [0.2, 0.25) is 0 Å². The molecule has 0 atom stereocenters. The van der Waals surface area contributed by atoms with E-state index in [1.165, 1.54) is 18.9 Å². The highest BCUT2D eigenvalue weighted by Gasteiger charge is 2.19. The van der Waals surface area contributed by atoms with Gasteiger partial charge in [-0.1, -0.05) is 0 Å². The van der Waals surface area contributed by atoms with E-state index in [0.29, 0.717) is 18.2 Å². The summed E-state index contributed by atoms with van der Waals surface area (Å²) in [5.74, 6) is -0.752. The zero-order chi connectivity index (χ0) is 11.4. The number of halogens is 2. The van der Waals surface area contributed by atoms with Gasteiger partial charge in [0.1, 0.15) is 11.6 Å². The van der Waals surface area contributed by atoms with Gasteiger partial charge >= 0.3 is 0 Å². The fourth-order valence-corrected chi connectivity index (χ4v) is 1.55. The Morgan fingerprint density at radius 3 is 2.75 bits per heavy atom. The standard InChI is InChI=1S/C12H16F2N2/c13-10-1-4-12(14)9(7-10)8-15-5-6-16-11-2-3-11/h1,4,7,11,15-16H,2-3,5-6,8H2. The van der Waals surface area contributed by atoms with Gasteiger partial charge in [0, 0.05) is 31.2 Å². The van der Waals surface area contributed by atoms with Crippen LogP contribution in [0.15, 0.2) is 18.2 Å². The molecule has 0 unspecified atom stereocenters. The monoisotopic (exact) mass is 226 g/mol. The summed E-state index contributed by atoms with van der Waals surface area (Å²) in [5.41, 5.74) is 0.381.